The van der Waals surface area contributed by atoms with Crippen LogP contribution in [0, 0.1) is 6.92 Å². The van der Waals surface area contributed by atoms with E-state index in [9.17, 15) is 33.4 Å². The Morgan fingerprint density at radius 1 is 1.41 bits per heavy atom. The molecule has 29 heavy (non-hydrogen) atoms. The summed E-state index contributed by atoms with van der Waals surface area (Å²) < 4.78 is 32.1. The number of nitrogens with zero attached hydrogens (tertiary/aromatic N) is 3. The van der Waals surface area contributed by atoms with E-state index < -0.39 is 48.1 Å². The summed E-state index contributed by atoms with van der Waals surface area (Å²) in [4.78, 5) is 37.4. The quantitative estimate of drug-likeness (QED) is 0.457. The van der Waals surface area contributed by atoms with Crippen molar-refractivity contribution in [3.05, 3.63) is 50.6 Å². The minimum absolute atomic E-state index is 0.140. The average Bonchev–Trinajstić information content (AvgIpc) is 3.14. The maximum Gasteiger partial charge on any atom is 0.333 e. The molecule has 11 nitrogen and oxygen atoms in total. The second kappa shape index (κ2) is 8.23. The fourth-order valence-electron chi connectivity index (χ4n) is 3.02. The van der Waals surface area contributed by atoms with E-state index in [1.54, 1.807) is 0 Å². The summed E-state index contributed by atoms with van der Waals surface area (Å²) >= 11 is 0. The summed E-state index contributed by atoms with van der Waals surface area (Å²) in [7, 11) is 0. The summed E-state index contributed by atoms with van der Waals surface area (Å²) in [6, 6.07) is 1.26. The molecule has 0 bridgehead atoms. The molecular formula is C16H19F2N5O6. The molecule has 0 saturated carbocycles. The van der Waals surface area contributed by atoms with Crippen LogP contribution in [0.1, 0.15) is 22.7 Å². The highest BCUT2D eigenvalue weighted by Gasteiger charge is 2.39. The number of hydrogen-bond donors (Lipinski definition) is 4. The Morgan fingerprint density at radius 2 is 2.14 bits per heavy atom. The standard InChI is InChI=1S/C16H19F2N5O6/c1-7-4-11(24)20-16(28)22(7)5-10-13(26)12(25)9(6-29-10)19-14(27)8-2-3-23(21-8)15(17)18/h2-4,9-10,12-13,15,25-26H,5-6H2,1H3,(H,19,27)(H,20,24,28)/t9-,10-,12+,13-/m1/s1. The van der Waals surface area contributed by atoms with Gasteiger partial charge in [0.1, 0.15) is 24.0 Å². The molecule has 2 aromatic rings. The zero-order chi connectivity index (χ0) is 21.3. The van der Waals surface area contributed by atoms with Crippen LogP contribution in [0.25, 0.3) is 0 Å². The summed E-state index contributed by atoms with van der Waals surface area (Å²) in [6.45, 7) is -1.72. The van der Waals surface area contributed by atoms with Crippen molar-refractivity contribution >= 4 is 5.91 Å². The lowest BCUT2D eigenvalue weighted by Crippen LogP contribution is -2.60. The summed E-state index contributed by atoms with van der Waals surface area (Å²) in [5.74, 6) is -0.824. The third-order valence-electron chi connectivity index (χ3n) is 4.59. The lowest BCUT2D eigenvalue weighted by atomic mass is 9.97. The first-order valence-electron chi connectivity index (χ1n) is 8.60. The lowest BCUT2D eigenvalue weighted by molar-refractivity contribution is -0.152. The molecule has 3 rings (SSSR count). The smallest absolute Gasteiger partial charge is 0.333 e. The molecule has 0 spiro atoms. The molecule has 0 radical (unpaired) electrons. The number of aliphatic hydroxyl groups is 2. The highest BCUT2D eigenvalue weighted by Crippen LogP contribution is 2.18. The molecule has 1 amide bonds. The number of rotatable bonds is 5. The number of halogens is 2. The van der Waals surface area contributed by atoms with Gasteiger partial charge in [-0.1, -0.05) is 0 Å². The number of ether oxygens (including phenoxy) is 1. The molecule has 1 aliphatic rings. The SMILES string of the molecule is Cc1cc(=O)[nH]c(=O)n1C[C@H]1OC[C@@H](NC(=O)c2ccn(C(F)F)n2)[C@H](O)[C@@H]1O. The number of amides is 1. The molecule has 4 atom stereocenters. The maximum absolute atomic E-state index is 12.5. The van der Waals surface area contributed by atoms with Gasteiger partial charge in [0.05, 0.1) is 19.2 Å². The molecule has 0 unspecified atom stereocenters. The Morgan fingerprint density at radius 3 is 2.76 bits per heavy atom. The fourth-order valence-corrected chi connectivity index (χ4v) is 3.02. The number of alkyl halides is 2. The second-order valence-electron chi connectivity index (χ2n) is 6.58. The molecule has 158 valence electrons. The van der Waals surface area contributed by atoms with E-state index in [1.165, 1.54) is 17.6 Å². The minimum atomic E-state index is -2.90. The van der Waals surface area contributed by atoms with Gasteiger partial charge in [0.25, 0.3) is 11.5 Å². The first-order valence-corrected chi connectivity index (χ1v) is 8.60. The van der Waals surface area contributed by atoms with Gasteiger partial charge in [-0.3, -0.25) is 19.1 Å². The molecular weight excluding hydrogens is 396 g/mol. The first kappa shape index (κ1) is 20.8. The monoisotopic (exact) mass is 415 g/mol. The van der Waals surface area contributed by atoms with Crippen LogP contribution < -0.4 is 16.6 Å². The van der Waals surface area contributed by atoms with E-state index in [1.807, 2.05) is 0 Å². The summed E-state index contributed by atoms with van der Waals surface area (Å²) in [5.41, 5.74) is -1.20. The number of aromatic nitrogens is 4. The summed E-state index contributed by atoms with van der Waals surface area (Å²) in [6.07, 6.45) is -2.97. The Bertz CT molecular complexity index is 1000. The Balaban J connectivity index is 1.66. The zero-order valence-corrected chi connectivity index (χ0v) is 15.2. The van der Waals surface area contributed by atoms with E-state index in [0.717, 1.165) is 12.3 Å². The van der Waals surface area contributed by atoms with E-state index in [2.05, 4.69) is 15.4 Å². The van der Waals surface area contributed by atoms with Crippen LogP contribution in [0.3, 0.4) is 0 Å². The third kappa shape index (κ3) is 4.41. The van der Waals surface area contributed by atoms with Gasteiger partial charge in [-0.25, -0.2) is 9.48 Å². The molecule has 0 aromatic carbocycles. The molecule has 1 saturated heterocycles. The van der Waals surface area contributed by atoms with E-state index in [0.29, 0.717) is 10.4 Å². The molecule has 13 heteroatoms. The maximum atomic E-state index is 12.5. The van der Waals surface area contributed by atoms with Gasteiger partial charge < -0.3 is 20.3 Å². The zero-order valence-electron chi connectivity index (χ0n) is 15.2. The minimum Gasteiger partial charge on any atom is -0.388 e. The number of carbonyl (C=O) groups excluding carboxylic acids is 1. The Kier molecular flexibility index (Phi) is 5.91. The van der Waals surface area contributed by atoms with Crippen LogP contribution in [0.15, 0.2) is 27.9 Å². The van der Waals surface area contributed by atoms with Crippen molar-refractivity contribution in [2.24, 2.45) is 0 Å². The fraction of sp³-hybridized carbons (Fsp3) is 0.500. The lowest BCUT2D eigenvalue weighted by Gasteiger charge is -2.38. The number of nitrogens with one attached hydrogen (secondary N) is 2. The molecule has 1 aliphatic heterocycles. The van der Waals surface area contributed by atoms with E-state index in [-0.39, 0.29) is 18.8 Å². The number of carbonyl (C=O) groups is 1. The second-order valence-corrected chi connectivity index (χ2v) is 6.58. The van der Waals surface area contributed by atoms with Crippen molar-refractivity contribution in [1.29, 1.82) is 0 Å². The molecule has 3 heterocycles. The van der Waals surface area contributed by atoms with Crippen LogP contribution in [-0.4, -0.2) is 66.4 Å². The number of H-pyrrole nitrogens is 1. The van der Waals surface area contributed by atoms with Gasteiger partial charge in [0.15, 0.2) is 0 Å². The Hall–Kier alpha value is -2.90. The predicted molar refractivity (Wildman–Crippen MR) is 92.5 cm³/mol. The van der Waals surface area contributed by atoms with Gasteiger partial charge in [0, 0.05) is 18.0 Å². The Labute approximate surface area is 161 Å². The van der Waals surface area contributed by atoms with Gasteiger partial charge in [-0.05, 0) is 13.0 Å². The van der Waals surface area contributed by atoms with Crippen LogP contribution >= 0.6 is 0 Å². The van der Waals surface area contributed by atoms with Gasteiger partial charge in [-0.15, -0.1) is 0 Å². The number of aryl methyl sites for hydroxylation is 1. The molecule has 2 aromatic heterocycles. The van der Waals surface area contributed by atoms with Gasteiger partial charge in [-0.2, -0.15) is 13.9 Å². The largest absolute Gasteiger partial charge is 0.388 e. The molecule has 0 aliphatic carbocycles. The number of aliphatic hydroxyl groups excluding tert-OH is 2. The van der Waals surface area contributed by atoms with E-state index >= 15 is 0 Å². The predicted octanol–water partition coefficient (Wildman–Crippen LogP) is -1.64. The van der Waals surface area contributed by atoms with Crippen LogP contribution in [-0.2, 0) is 11.3 Å². The molecule has 4 N–H and O–H groups in total. The van der Waals surface area contributed by atoms with Gasteiger partial charge in [0.2, 0.25) is 0 Å². The highest BCUT2D eigenvalue weighted by molar-refractivity contribution is 5.92. The van der Waals surface area contributed by atoms with Crippen molar-refractivity contribution in [1.82, 2.24) is 24.6 Å². The summed E-state index contributed by atoms with van der Waals surface area (Å²) in [5, 5.41) is 26.4. The van der Waals surface area contributed by atoms with E-state index in [4.69, 9.17) is 4.74 Å². The van der Waals surface area contributed by atoms with Crippen LogP contribution in [0.5, 0.6) is 0 Å². The van der Waals surface area contributed by atoms with Crippen molar-refractivity contribution in [3.8, 4) is 0 Å². The average molecular weight is 415 g/mol. The van der Waals surface area contributed by atoms with Crippen molar-refractivity contribution in [3.63, 3.8) is 0 Å². The van der Waals surface area contributed by atoms with Crippen molar-refractivity contribution < 1.29 is 28.5 Å². The van der Waals surface area contributed by atoms with Crippen molar-refractivity contribution in [2.75, 3.05) is 6.61 Å². The topological polar surface area (TPSA) is 151 Å². The van der Waals surface area contributed by atoms with Crippen LogP contribution in [0.2, 0.25) is 0 Å². The highest BCUT2D eigenvalue weighted by atomic mass is 19.3. The third-order valence-corrected chi connectivity index (χ3v) is 4.59. The first-order chi connectivity index (χ1) is 13.7. The molecule has 1 fully saturated rings. The number of aromatic amines is 1. The normalized spacial score (nSPS) is 24.6. The van der Waals surface area contributed by atoms with Gasteiger partial charge >= 0.3 is 12.2 Å². The van der Waals surface area contributed by atoms with Crippen LogP contribution in [0.4, 0.5) is 8.78 Å². The van der Waals surface area contributed by atoms with Crippen molar-refractivity contribution in [2.45, 2.75) is 44.4 Å². The number of hydrogen-bond acceptors (Lipinski definition) is 7.